The highest BCUT2D eigenvalue weighted by Crippen LogP contribution is 2.27. The second kappa shape index (κ2) is 6.29. The van der Waals surface area contributed by atoms with E-state index in [-0.39, 0.29) is 5.82 Å². The number of rotatable bonds is 4. The van der Waals surface area contributed by atoms with Crippen molar-refractivity contribution >= 4 is 28.6 Å². The Hall–Kier alpha value is -1.84. The number of halogens is 2. The van der Waals surface area contributed by atoms with Crippen LogP contribution in [-0.4, -0.2) is 0 Å². The van der Waals surface area contributed by atoms with Crippen LogP contribution < -0.4 is 5.32 Å². The Morgan fingerprint density at radius 2 is 1.81 bits per heavy atom. The molecule has 0 saturated carbocycles. The molecule has 0 unspecified atom stereocenters. The van der Waals surface area contributed by atoms with Gasteiger partial charge in [0.05, 0.1) is 10.7 Å². The van der Waals surface area contributed by atoms with E-state index in [1.165, 1.54) is 28.1 Å². The summed E-state index contributed by atoms with van der Waals surface area (Å²) in [5.41, 5.74) is 3.01. The van der Waals surface area contributed by atoms with Crippen LogP contribution in [0.5, 0.6) is 0 Å². The molecular weight excluding hydrogens is 305 g/mol. The molecule has 0 saturated heterocycles. The van der Waals surface area contributed by atoms with Crippen LogP contribution >= 0.6 is 22.9 Å². The number of benzene rings is 2. The summed E-state index contributed by atoms with van der Waals surface area (Å²) in [7, 11) is 0. The molecule has 106 valence electrons. The quantitative estimate of drug-likeness (QED) is 0.639. The lowest BCUT2D eigenvalue weighted by Crippen LogP contribution is -1.98. The van der Waals surface area contributed by atoms with Crippen molar-refractivity contribution in [2.24, 2.45) is 0 Å². The first-order valence-corrected chi connectivity index (χ1v) is 7.80. The van der Waals surface area contributed by atoms with E-state index in [1.54, 1.807) is 17.4 Å². The van der Waals surface area contributed by atoms with Gasteiger partial charge in [0.1, 0.15) is 5.82 Å². The van der Waals surface area contributed by atoms with E-state index in [4.69, 9.17) is 11.6 Å². The predicted octanol–water partition coefficient (Wildman–Crippen LogP) is 5.82. The van der Waals surface area contributed by atoms with Crippen molar-refractivity contribution in [2.45, 2.75) is 6.54 Å². The first kappa shape index (κ1) is 14.1. The second-order valence-corrected chi connectivity index (χ2v) is 6.05. The molecule has 0 atom stereocenters. The molecule has 0 fully saturated rings. The zero-order chi connectivity index (χ0) is 14.7. The van der Waals surface area contributed by atoms with Gasteiger partial charge in [-0.2, -0.15) is 0 Å². The summed E-state index contributed by atoms with van der Waals surface area (Å²) in [4.78, 5) is 1.18. The first-order chi connectivity index (χ1) is 10.2. The van der Waals surface area contributed by atoms with Crippen LogP contribution in [0, 0.1) is 5.82 Å². The van der Waals surface area contributed by atoms with Crippen LogP contribution in [0.4, 0.5) is 10.1 Å². The Morgan fingerprint density at radius 3 is 2.62 bits per heavy atom. The Morgan fingerprint density at radius 1 is 1.00 bits per heavy atom. The third kappa shape index (κ3) is 3.43. The maximum atomic E-state index is 13.2. The van der Waals surface area contributed by atoms with Gasteiger partial charge in [0, 0.05) is 11.4 Å². The van der Waals surface area contributed by atoms with Crippen LogP contribution in [0.15, 0.2) is 60.0 Å². The van der Waals surface area contributed by atoms with Crippen LogP contribution in [-0.2, 0) is 6.54 Å². The summed E-state index contributed by atoms with van der Waals surface area (Å²) in [5.74, 6) is -0.293. The molecule has 0 aliphatic carbocycles. The minimum Gasteiger partial charge on any atom is -0.379 e. The normalized spacial score (nSPS) is 10.6. The standard InChI is InChI=1S/C17H13ClFNS/c18-16-7-6-14(19)9-17(16)20-10-15-8-13(11-21-15)12-4-2-1-3-5-12/h1-9,11,20H,10H2. The van der Waals surface area contributed by atoms with Crippen molar-refractivity contribution in [1.82, 2.24) is 0 Å². The first-order valence-electron chi connectivity index (χ1n) is 6.54. The number of thiophene rings is 1. The molecule has 0 aliphatic rings. The fraction of sp³-hybridized carbons (Fsp3) is 0.0588. The molecule has 0 radical (unpaired) electrons. The zero-order valence-electron chi connectivity index (χ0n) is 11.1. The SMILES string of the molecule is Fc1ccc(Cl)c(NCc2cc(-c3ccccc3)cs2)c1. The van der Waals surface area contributed by atoms with Crippen molar-refractivity contribution in [1.29, 1.82) is 0 Å². The topological polar surface area (TPSA) is 12.0 Å². The minimum atomic E-state index is -0.293. The molecule has 0 spiro atoms. The molecule has 0 bridgehead atoms. The summed E-state index contributed by atoms with van der Waals surface area (Å²) >= 11 is 7.71. The molecule has 1 aromatic heterocycles. The minimum absolute atomic E-state index is 0.293. The monoisotopic (exact) mass is 317 g/mol. The van der Waals surface area contributed by atoms with Gasteiger partial charge in [0.15, 0.2) is 0 Å². The summed E-state index contributed by atoms with van der Waals surface area (Å²) < 4.78 is 13.2. The maximum Gasteiger partial charge on any atom is 0.125 e. The third-order valence-electron chi connectivity index (χ3n) is 3.14. The fourth-order valence-corrected chi connectivity index (χ4v) is 3.09. The summed E-state index contributed by atoms with van der Waals surface area (Å²) in [6.07, 6.45) is 0. The molecule has 21 heavy (non-hydrogen) atoms. The number of nitrogens with one attached hydrogen (secondary N) is 1. The summed E-state index contributed by atoms with van der Waals surface area (Å²) in [6.45, 7) is 0.626. The molecule has 1 nitrogen and oxygen atoms in total. The molecule has 3 rings (SSSR count). The Balaban J connectivity index is 1.72. The lowest BCUT2D eigenvalue weighted by atomic mass is 10.1. The Kier molecular flexibility index (Phi) is 4.23. The average molecular weight is 318 g/mol. The van der Waals surface area contributed by atoms with Gasteiger partial charge in [-0.1, -0.05) is 41.9 Å². The van der Waals surface area contributed by atoms with Crippen molar-refractivity contribution in [3.05, 3.63) is 75.7 Å². The van der Waals surface area contributed by atoms with Gasteiger partial charge in [-0.25, -0.2) is 4.39 Å². The van der Waals surface area contributed by atoms with E-state index in [9.17, 15) is 4.39 Å². The van der Waals surface area contributed by atoms with E-state index in [0.29, 0.717) is 17.3 Å². The van der Waals surface area contributed by atoms with E-state index >= 15 is 0 Å². The summed E-state index contributed by atoms with van der Waals surface area (Å²) in [5, 5.41) is 5.82. The van der Waals surface area contributed by atoms with E-state index in [1.807, 2.05) is 18.2 Å². The average Bonchev–Trinajstić information content (AvgIpc) is 2.98. The van der Waals surface area contributed by atoms with E-state index in [0.717, 1.165) is 0 Å². The highest BCUT2D eigenvalue weighted by atomic mass is 35.5. The maximum absolute atomic E-state index is 13.2. The fourth-order valence-electron chi connectivity index (χ4n) is 2.07. The van der Waals surface area contributed by atoms with Crippen molar-refractivity contribution in [2.75, 3.05) is 5.32 Å². The molecule has 1 N–H and O–H groups in total. The highest BCUT2D eigenvalue weighted by Gasteiger charge is 2.05. The smallest absolute Gasteiger partial charge is 0.125 e. The molecular formula is C17H13ClFNS. The number of hydrogen-bond acceptors (Lipinski definition) is 2. The van der Waals surface area contributed by atoms with Crippen molar-refractivity contribution in [3.63, 3.8) is 0 Å². The Bertz CT molecular complexity index is 740. The van der Waals surface area contributed by atoms with Crippen LogP contribution in [0.3, 0.4) is 0 Å². The van der Waals surface area contributed by atoms with Gasteiger partial charge < -0.3 is 5.32 Å². The molecule has 0 amide bonds. The molecule has 0 aliphatic heterocycles. The molecule has 2 aromatic carbocycles. The number of anilines is 1. The van der Waals surface area contributed by atoms with Gasteiger partial charge in [-0.15, -0.1) is 11.3 Å². The lowest BCUT2D eigenvalue weighted by Gasteiger charge is -2.07. The van der Waals surface area contributed by atoms with Crippen LogP contribution in [0.2, 0.25) is 5.02 Å². The third-order valence-corrected chi connectivity index (χ3v) is 4.41. The highest BCUT2D eigenvalue weighted by molar-refractivity contribution is 7.10. The van der Waals surface area contributed by atoms with Gasteiger partial charge in [0.2, 0.25) is 0 Å². The zero-order valence-corrected chi connectivity index (χ0v) is 12.7. The molecule has 3 aromatic rings. The largest absolute Gasteiger partial charge is 0.379 e. The van der Waals surface area contributed by atoms with Crippen LogP contribution in [0.25, 0.3) is 11.1 Å². The number of hydrogen-bond donors (Lipinski definition) is 1. The Labute approximate surface area is 132 Å². The van der Waals surface area contributed by atoms with Gasteiger partial charge in [-0.05, 0) is 40.8 Å². The van der Waals surface area contributed by atoms with Crippen molar-refractivity contribution < 1.29 is 4.39 Å². The molecule has 4 heteroatoms. The predicted molar refractivity (Wildman–Crippen MR) is 88.5 cm³/mol. The van der Waals surface area contributed by atoms with Gasteiger partial charge >= 0.3 is 0 Å². The van der Waals surface area contributed by atoms with Crippen LogP contribution in [0.1, 0.15) is 4.88 Å². The van der Waals surface area contributed by atoms with E-state index < -0.39 is 0 Å². The second-order valence-electron chi connectivity index (χ2n) is 4.65. The van der Waals surface area contributed by atoms with Gasteiger partial charge in [0.25, 0.3) is 0 Å². The van der Waals surface area contributed by atoms with E-state index in [2.05, 4.69) is 28.9 Å². The molecule has 1 heterocycles. The lowest BCUT2D eigenvalue weighted by molar-refractivity contribution is 0.628. The van der Waals surface area contributed by atoms with Gasteiger partial charge in [-0.3, -0.25) is 0 Å². The van der Waals surface area contributed by atoms with Crippen molar-refractivity contribution in [3.8, 4) is 11.1 Å². The summed E-state index contributed by atoms with van der Waals surface area (Å²) in [6, 6.07) is 16.7.